The van der Waals surface area contributed by atoms with Crippen molar-refractivity contribution in [3.8, 4) is 0 Å². The van der Waals surface area contributed by atoms with Crippen LogP contribution in [0.3, 0.4) is 0 Å². The lowest BCUT2D eigenvalue weighted by Crippen LogP contribution is -2.54. The van der Waals surface area contributed by atoms with Crippen LogP contribution in [0, 0.1) is 5.92 Å². The van der Waals surface area contributed by atoms with Crippen LogP contribution in [0.5, 0.6) is 0 Å². The molecule has 8 heteroatoms. The molecule has 142 valence electrons. The van der Waals surface area contributed by atoms with Gasteiger partial charge in [0.2, 0.25) is 5.91 Å². The standard InChI is InChI=1S/C18H21F3N2O3/c1-26-15-8-13(9-15)10-22-6-5-16(24)23(17(22)25)11-12-3-2-4-14(7-12)18(19,20)21/h2-4,7,13,15H,5-6,8-11H2,1H3. The first-order chi connectivity index (χ1) is 12.3. The van der Waals surface area contributed by atoms with Gasteiger partial charge in [0, 0.05) is 26.6 Å². The summed E-state index contributed by atoms with van der Waals surface area (Å²) in [5.74, 6) is -0.0143. The molecule has 1 saturated heterocycles. The number of alkyl halides is 3. The van der Waals surface area contributed by atoms with Gasteiger partial charge in [-0.05, 0) is 36.5 Å². The van der Waals surface area contributed by atoms with E-state index in [0.717, 1.165) is 29.9 Å². The maximum absolute atomic E-state index is 12.8. The third-order valence-electron chi connectivity index (χ3n) is 5.00. The lowest BCUT2D eigenvalue weighted by molar-refractivity contribution is -0.137. The monoisotopic (exact) mass is 370 g/mol. The molecule has 1 heterocycles. The summed E-state index contributed by atoms with van der Waals surface area (Å²) in [7, 11) is 1.66. The third-order valence-corrected chi connectivity index (χ3v) is 5.00. The number of ether oxygens (including phenoxy) is 1. The van der Waals surface area contributed by atoms with Crippen LogP contribution < -0.4 is 0 Å². The van der Waals surface area contributed by atoms with Crippen LogP contribution in [0.25, 0.3) is 0 Å². The second-order valence-electron chi connectivity index (χ2n) is 6.85. The van der Waals surface area contributed by atoms with Gasteiger partial charge in [-0.15, -0.1) is 0 Å². The molecular formula is C18H21F3N2O3. The normalized spacial score (nSPS) is 24.0. The van der Waals surface area contributed by atoms with Gasteiger partial charge in [0.15, 0.2) is 0 Å². The number of carbonyl (C=O) groups is 2. The van der Waals surface area contributed by atoms with Gasteiger partial charge >= 0.3 is 12.2 Å². The maximum atomic E-state index is 12.8. The van der Waals surface area contributed by atoms with E-state index < -0.39 is 17.8 Å². The first-order valence-corrected chi connectivity index (χ1v) is 8.56. The lowest BCUT2D eigenvalue weighted by atomic mass is 9.82. The number of rotatable bonds is 5. The Morgan fingerprint density at radius 3 is 2.62 bits per heavy atom. The molecule has 1 aliphatic heterocycles. The quantitative estimate of drug-likeness (QED) is 0.799. The van der Waals surface area contributed by atoms with Crippen LogP contribution in [-0.2, 0) is 22.3 Å². The Hall–Kier alpha value is -2.09. The third kappa shape index (κ3) is 4.00. The molecule has 0 N–H and O–H groups in total. The number of hydrogen-bond donors (Lipinski definition) is 0. The topological polar surface area (TPSA) is 49.9 Å². The largest absolute Gasteiger partial charge is 0.416 e. The van der Waals surface area contributed by atoms with Gasteiger partial charge in [-0.25, -0.2) is 4.79 Å². The van der Waals surface area contributed by atoms with Crippen LogP contribution in [0.1, 0.15) is 30.4 Å². The van der Waals surface area contributed by atoms with E-state index >= 15 is 0 Å². The smallest absolute Gasteiger partial charge is 0.381 e. The van der Waals surface area contributed by atoms with E-state index in [0.29, 0.717) is 19.0 Å². The zero-order valence-electron chi connectivity index (χ0n) is 14.5. The van der Waals surface area contributed by atoms with E-state index in [1.54, 1.807) is 12.0 Å². The maximum Gasteiger partial charge on any atom is 0.416 e. The van der Waals surface area contributed by atoms with Gasteiger partial charge in [-0.2, -0.15) is 13.2 Å². The number of halogens is 3. The first kappa shape index (κ1) is 18.7. The van der Waals surface area contributed by atoms with Crippen LogP contribution in [0.15, 0.2) is 24.3 Å². The zero-order valence-corrected chi connectivity index (χ0v) is 14.5. The van der Waals surface area contributed by atoms with Crippen LogP contribution >= 0.6 is 0 Å². The molecule has 3 rings (SSSR count). The molecule has 1 aromatic rings. The number of amides is 3. The minimum Gasteiger partial charge on any atom is -0.381 e. The lowest BCUT2D eigenvalue weighted by Gasteiger charge is -2.40. The molecule has 0 aromatic heterocycles. The number of urea groups is 1. The van der Waals surface area contributed by atoms with Crippen molar-refractivity contribution in [3.05, 3.63) is 35.4 Å². The van der Waals surface area contributed by atoms with E-state index in [2.05, 4.69) is 0 Å². The van der Waals surface area contributed by atoms with Gasteiger partial charge in [0.25, 0.3) is 0 Å². The number of hydrogen-bond acceptors (Lipinski definition) is 3. The average Bonchev–Trinajstić information content (AvgIpc) is 2.55. The Kier molecular flexibility index (Phi) is 5.22. The van der Waals surface area contributed by atoms with Crippen LogP contribution in [-0.4, -0.2) is 48.0 Å². The average molecular weight is 370 g/mol. The van der Waals surface area contributed by atoms with E-state index in [-0.39, 0.29) is 30.5 Å². The molecule has 1 saturated carbocycles. The summed E-state index contributed by atoms with van der Waals surface area (Å²) in [6.45, 7) is 0.749. The highest BCUT2D eigenvalue weighted by Crippen LogP contribution is 2.32. The van der Waals surface area contributed by atoms with Crippen molar-refractivity contribution in [2.75, 3.05) is 20.2 Å². The fourth-order valence-corrected chi connectivity index (χ4v) is 3.42. The van der Waals surface area contributed by atoms with Crippen LogP contribution in [0.2, 0.25) is 0 Å². The van der Waals surface area contributed by atoms with Crippen molar-refractivity contribution in [2.24, 2.45) is 5.92 Å². The minimum atomic E-state index is -4.46. The number of methoxy groups -OCH3 is 1. The Morgan fingerprint density at radius 2 is 1.96 bits per heavy atom. The van der Waals surface area contributed by atoms with Gasteiger partial charge in [-0.1, -0.05) is 12.1 Å². The fraction of sp³-hybridized carbons (Fsp3) is 0.556. The predicted molar refractivity (Wildman–Crippen MR) is 87.1 cm³/mol. The van der Waals surface area contributed by atoms with Gasteiger partial charge in [0.05, 0.1) is 18.2 Å². The molecule has 26 heavy (non-hydrogen) atoms. The second kappa shape index (κ2) is 7.26. The highest BCUT2D eigenvalue weighted by molar-refractivity contribution is 5.96. The number of imide groups is 1. The molecule has 1 aromatic carbocycles. The molecule has 3 amide bonds. The summed E-state index contributed by atoms with van der Waals surface area (Å²) in [5, 5.41) is 0. The molecular weight excluding hydrogens is 349 g/mol. The van der Waals surface area contributed by atoms with E-state index in [1.165, 1.54) is 12.1 Å². The SMILES string of the molecule is COC1CC(CN2CCC(=O)N(Cc3cccc(C(F)(F)F)c3)C2=O)C1. The predicted octanol–water partition coefficient (Wildman–Crippen LogP) is 3.28. The summed E-state index contributed by atoms with van der Waals surface area (Å²) in [5.41, 5.74) is -0.504. The molecule has 0 unspecified atom stereocenters. The van der Waals surface area contributed by atoms with E-state index in [1.807, 2.05) is 0 Å². The second-order valence-corrected chi connectivity index (χ2v) is 6.85. The highest BCUT2D eigenvalue weighted by Gasteiger charge is 2.37. The molecule has 0 atom stereocenters. The molecule has 1 aliphatic carbocycles. The summed E-state index contributed by atoms with van der Waals surface area (Å²) in [4.78, 5) is 27.4. The Balaban J connectivity index is 1.66. The van der Waals surface area contributed by atoms with Crippen molar-refractivity contribution in [1.29, 1.82) is 0 Å². The summed E-state index contributed by atoms with van der Waals surface area (Å²) < 4.78 is 43.8. The molecule has 0 radical (unpaired) electrons. The number of carbonyl (C=O) groups excluding carboxylic acids is 2. The van der Waals surface area contributed by atoms with E-state index in [9.17, 15) is 22.8 Å². The van der Waals surface area contributed by atoms with Crippen molar-refractivity contribution < 1.29 is 27.5 Å². The van der Waals surface area contributed by atoms with Gasteiger partial charge in [0.1, 0.15) is 0 Å². The van der Waals surface area contributed by atoms with Gasteiger partial charge < -0.3 is 9.64 Å². The molecule has 2 aliphatic rings. The van der Waals surface area contributed by atoms with Crippen molar-refractivity contribution in [1.82, 2.24) is 9.80 Å². The summed E-state index contributed by atoms with van der Waals surface area (Å²) in [6.07, 6.45) is -2.29. The van der Waals surface area contributed by atoms with Crippen molar-refractivity contribution in [3.63, 3.8) is 0 Å². The Morgan fingerprint density at radius 1 is 1.23 bits per heavy atom. The molecule has 2 fully saturated rings. The minimum absolute atomic E-state index is 0.149. The number of benzene rings is 1. The molecule has 5 nitrogen and oxygen atoms in total. The molecule has 0 bridgehead atoms. The van der Waals surface area contributed by atoms with Crippen LogP contribution in [0.4, 0.5) is 18.0 Å². The molecule has 0 spiro atoms. The summed E-state index contributed by atoms with van der Waals surface area (Å²) in [6, 6.07) is 4.30. The first-order valence-electron chi connectivity index (χ1n) is 8.56. The van der Waals surface area contributed by atoms with E-state index in [4.69, 9.17) is 4.74 Å². The van der Waals surface area contributed by atoms with Crippen molar-refractivity contribution in [2.45, 2.75) is 38.1 Å². The zero-order chi connectivity index (χ0) is 18.9. The van der Waals surface area contributed by atoms with Gasteiger partial charge in [-0.3, -0.25) is 9.69 Å². The Labute approximate surface area is 149 Å². The number of nitrogens with zero attached hydrogens (tertiary/aromatic N) is 2. The highest BCUT2D eigenvalue weighted by atomic mass is 19.4. The van der Waals surface area contributed by atoms with Crippen molar-refractivity contribution >= 4 is 11.9 Å². The fourth-order valence-electron chi connectivity index (χ4n) is 3.42. The Bertz CT molecular complexity index is 687. The summed E-state index contributed by atoms with van der Waals surface area (Å²) >= 11 is 0.